The fourth-order valence-corrected chi connectivity index (χ4v) is 4.81. The van der Waals surface area contributed by atoms with Crippen LogP contribution in [0.15, 0.2) is 57.0 Å². The Morgan fingerprint density at radius 2 is 1.74 bits per heavy atom. The van der Waals surface area contributed by atoms with Gasteiger partial charge in [0.15, 0.2) is 5.17 Å². The molecule has 0 unspecified atom stereocenters. The number of thioether (sulfide) groups is 1. The molecule has 1 saturated heterocycles. The van der Waals surface area contributed by atoms with E-state index in [1.807, 2.05) is 43.3 Å². The molecular weight excluding hydrogens is 550 g/mol. The first-order chi connectivity index (χ1) is 17.8. The lowest BCUT2D eigenvalue weighted by Crippen LogP contribution is -2.41. The highest BCUT2D eigenvalue weighted by Crippen LogP contribution is 2.33. The van der Waals surface area contributed by atoms with Crippen molar-refractivity contribution in [3.63, 3.8) is 0 Å². The predicted molar refractivity (Wildman–Crippen MR) is 138 cm³/mol. The van der Waals surface area contributed by atoms with E-state index < -0.39 is 34.6 Å². The zero-order chi connectivity index (χ0) is 27.9. The Bertz CT molecular complexity index is 1570. The predicted octanol–water partition coefficient (Wildman–Crippen LogP) is 4.18. The SMILES string of the molecule is CN(C)c1ccc(CN2C(=O)CSC2=Nc2cc(-n3c(=O)cc(C(F)(F)F)n(C)c3=O)c(F)cc2Cl)cc1. The van der Waals surface area contributed by atoms with Gasteiger partial charge in [0.1, 0.15) is 11.5 Å². The maximum absolute atomic E-state index is 14.8. The summed E-state index contributed by atoms with van der Waals surface area (Å²) in [5.41, 5.74) is -3.18. The van der Waals surface area contributed by atoms with E-state index in [0.29, 0.717) is 0 Å². The summed E-state index contributed by atoms with van der Waals surface area (Å²) in [6, 6.07) is 9.49. The monoisotopic (exact) mass is 569 g/mol. The van der Waals surface area contributed by atoms with Crippen molar-refractivity contribution in [2.24, 2.45) is 12.0 Å². The molecule has 0 saturated carbocycles. The van der Waals surface area contributed by atoms with Crippen molar-refractivity contribution in [1.29, 1.82) is 0 Å². The number of amides is 1. The largest absolute Gasteiger partial charge is 0.431 e. The van der Waals surface area contributed by atoms with Crippen LogP contribution in [0.1, 0.15) is 11.3 Å². The minimum atomic E-state index is -4.97. The van der Waals surface area contributed by atoms with Crippen LogP contribution < -0.4 is 16.1 Å². The van der Waals surface area contributed by atoms with Crippen molar-refractivity contribution in [2.75, 3.05) is 24.7 Å². The number of nitrogens with zero attached hydrogens (tertiary/aromatic N) is 5. The summed E-state index contributed by atoms with van der Waals surface area (Å²) in [4.78, 5) is 45.4. The van der Waals surface area contributed by atoms with E-state index in [9.17, 15) is 31.9 Å². The number of anilines is 1. The van der Waals surface area contributed by atoms with Gasteiger partial charge in [-0.3, -0.25) is 19.1 Å². The molecule has 38 heavy (non-hydrogen) atoms. The van der Waals surface area contributed by atoms with Crippen LogP contribution in [-0.4, -0.2) is 45.0 Å². The number of halogens is 5. The number of aromatic nitrogens is 2. The number of aliphatic imine (C=N–C) groups is 1. The maximum atomic E-state index is 14.8. The first kappa shape index (κ1) is 27.5. The molecule has 8 nitrogen and oxygen atoms in total. The zero-order valence-corrected chi connectivity index (χ0v) is 21.8. The normalized spacial score (nSPS) is 15.0. The Morgan fingerprint density at radius 1 is 1.08 bits per heavy atom. The minimum absolute atomic E-state index is 0.0814. The number of hydrogen-bond donors (Lipinski definition) is 0. The molecule has 0 atom stereocenters. The Kier molecular flexibility index (Phi) is 7.44. The molecule has 1 aromatic heterocycles. The van der Waals surface area contributed by atoms with Gasteiger partial charge in [0.2, 0.25) is 5.91 Å². The van der Waals surface area contributed by atoms with E-state index in [2.05, 4.69) is 4.99 Å². The van der Waals surface area contributed by atoms with Crippen molar-refractivity contribution >= 4 is 45.8 Å². The van der Waals surface area contributed by atoms with Gasteiger partial charge in [0.05, 0.1) is 28.7 Å². The number of carbonyl (C=O) groups excluding carboxylic acids is 1. The van der Waals surface area contributed by atoms with Crippen molar-refractivity contribution in [1.82, 2.24) is 14.0 Å². The highest BCUT2D eigenvalue weighted by atomic mass is 35.5. The highest BCUT2D eigenvalue weighted by molar-refractivity contribution is 8.15. The molecule has 0 radical (unpaired) electrons. The molecule has 2 aromatic carbocycles. The summed E-state index contributed by atoms with van der Waals surface area (Å²) >= 11 is 7.29. The summed E-state index contributed by atoms with van der Waals surface area (Å²) < 4.78 is 54.9. The molecule has 1 aliphatic rings. The standard InChI is InChI=1S/C24H20ClF4N5O3S/c1-31(2)14-6-4-13(5-7-14)11-33-21(36)12-38-22(33)30-17-9-18(16(26)8-15(17)25)34-20(35)10-19(24(27,28)29)32(3)23(34)37/h4-10H,11-12H2,1-3H3. The Labute approximate surface area is 222 Å². The zero-order valence-electron chi connectivity index (χ0n) is 20.2. The van der Waals surface area contributed by atoms with Crippen LogP contribution in [0.25, 0.3) is 5.69 Å². The summed E-state index contributed by atoms with van der Waals surface area (Å²) in [7, 11) is 4.62. The van der Waals surface area contributed by atoms with Crippen molar-refractivity contribution < 1.29 is 22.4 Å². The van der Waals surface area contributed by atoms with Gasteiger partial charge in [-0.1, -0.05) is 35.5 Å². The third-order valence-corrected chi connectivity index (χ3v) is 7.00. The minimum Gasteiger partial charge on any atom is -0.378 e. The first-order valence-electron chi connectivity index (χ1n) is 11.0. The van der Waals surface area contributed by atoms with Gasteiger partial charge in [-0.15, -0.1) is 0 Å². The lowest BCUT2D eigenvalue weighted by Gasteiger charge is -2.18. The van der Waals surface area contributed by atoms with Gasteiger partial charge in [-0.25, -0.2) is 18.7 Å². The molecule has 0 aliphatic carbocycles. The number of rotatable bonds is 5. The van der Waals surface area contributed by atoms with Gasteiger partial charge in [-0.2, -0.15) is 13.2 Å². The van der Waals surface area contributed by atoms with E-state index in [0.717, 1.165) is 42.2 Å². The van der Waals surface area contributed by atoms with Gasteiger partial charge >= 0.3 is 11.9 Å². The van der Waals surface area contributed by atoms with Gasteiger partial charge in [0, 0.05) is 32.9 Å². The molecule has 1 fully saturated rings. The van der Waals surface area contributed by atoms with Crippen LogP contribution in [-0.2, 0) is 24.6 Å². The number of amidine groups is 1. The van der Waals surface area contributed by atoms with Crippen molar-refractivity contribution in [2.45, 2.75) is 12.7 Å². The number of carbonyl (C=O) groups is 1. The second-order valence-corrected chi connectivity index (χ2v) is 9.87. The van der Waals surface area contributed by atoms with Gasteiger partial charge < -0.3 is 4.90 Å². The van der Waals surface area contributed by atoms with Gasteiger partial charge in [0.25, 0.3) is 5.56 Å². The van der Waals surface area contributed by atoms with Gasteiger partial charge in [-0.05, 0) is 29.8 Å². The molecular formula is C24H20ClF4N5O3S. The fraction of sp³-hybridized carbons (Fsp3) is 0.250. The lowest BCUT2D eigenvalue weighted by atomic mass is 10.2. The van der Waals surface area contributed by atoms with E-state index >= 15 is 0 Å². The van der Waals surface area contributed by atoms with Crippen LogP contribution in [0.3, 0.4) is 0 Å². The molecule has 2 heterocycles. The van der Waals surface area contributed by atoms with Crippen LogP contribution in [0.5, 0.6) is 0 Å². The summed E-state index contributed by atoms with van der Waals surface area (Å²) in [6.45, 7) is 0.197. The summed E-state index contributed by atoms with van der Waals surface area (Å²) in [5, 5.41) is 0.0598. The quantitative estimate of drug-likeness (QED) is 0.431. The molecule has 200 valence electrons. The highest BCUT2D eigenvalue weighted by Gasteiger charge is 2.35. The van der Waals surface area contributed by atoms with E-state index in [4.69, 9.17) is 11.6 Å². The maximum Gasteiger partial charge on any atom is 0.431 e. The average Bonchev–Trinajstić information content (AvgIpc) is 3.17. The third kappa shape index (κ3) is 5.34. The molecule has 14 heteroatoms. The lowest BCUT2D eigenvalue weighted by molar-refractivity contribution is -0.144. The van der Waals surface area contributed by atoms with Crippen LogP contribution in [0.4, 0.5) is 28.9 Å². The average molecular weight is 570 g/mol. The van der Waals surface area contributed by atoms with E-state index in [1.165, 1.54) is 4.90 Å². The molecule has 0 N–H and O–H groups in total. The number of hydrogen-bond acceptors (Lipinski definition) is 6. The molecule has 0 bridgehead atoms. The number of alkyl halides is 3. The second kappa shape index (κ2) is 10.3. The van der Waals surface area contributed by atoms with Crippen LogP contribution in [0.2, 0.25) is 5.02 Å². The molecule has 1 amide bonds. The topological polar surface area (TPSA) is 79.9 Å². The molecule has 3 aromatic rings. The Balaban J connectivity index is 1.75. The van der Waals surface area contributed by atoms with E-state index in [1.54, 1.807) is 0 Å². The van der Waals surface area contributed by atoms with Crippen LogP contribution in [0, 0.1) is 5.82 Å². The Hall–Kier alpha value is -3.58. The van der Waals surface area contributed by atoms with Crippen molar-refractivity contribution in [3.05, 3.63) is 85.4 Å². The number of benzene rings is 2. The molecule has 0 spiro atoms. The van der Waals surface area contributed by atoms with Crippen LogP contribution >= 0.6 is 23.4 Å². The molecule has 4 rings (SSSR count). The summed E-state index contributed by atoms with van der Waals surface area (Å²) in [6.07, 6.45) is -4.97. The first-order valence-corrected chi connectivity index (χ1v) is 12.3. The Morgan fingerprint density at radius 3 is 2.34 bits per heavy atom. The third-order valence-electron chi connectivity index (χ3n) is 5.73. The second-order valence-electron chi connectivity index (χ2n) is 8.52. The fourth-order valence-electron chi connectivity index (χ4n) is 3.73. The van der Waals surface area contributed by atoms with Crippen molar-refractivity contribution in [3.8, 4) is 5.69 Å². The smallest absolute Gasteiger partial charge is 0.378 e. The summed E-state index contributed by atoms with van der Waals surface area (Å²) in [5.74, 6) is -1.25. The van der Waals surface area contributed by atoms with E-state index in [-0.39, 0.29) is 49.3 Å². The molecule has 1 aliphatic heterocycles.